The van der Waals surface area contributed by atoms with E-state index >= 15 is 0 Å². The Hall–Kier alpha value is -3.38. The van der Waals surface area contributed by atoms with Gasteiger partial charge in [0, 0.05) is 0 Å². The number of nitrogens with two attached hydrogens (primary N) is 5. The fourth-order valence-corrected chi connectivity index (χ4v) is 0.874. The van der Waals surface area contributed by atoms with E-state index in [1.54, 1.807) is 0 Å². The molecular formula is C6H11N13. The van der Waals surface area contributed by atoms with Gasteiger partial charge in [0.05, 0.1) is 0 Å². The number of aromatic nitrogens is 6. The molecule has 2 aromatic rings. The van der Waals surface area contributed by atoms with E-state index in [-0.39, 0.29) is 35.7 Å². The lowest BCUT2D eigenvalue weighted by Crippen LogP contribution is -2.05. The topological polar surface area (TPSA) is 244 Å². The van der Waals surface area contributed by atoms with E-state index in [9.17, 15) is 0 Å². The van der Waals surface area contributed by atoms with Crippen LogP contribution in [0.4, 0.5) is 35.7 Å². The van der Waals surface area contributed by atoms with Crippen molar-refractivity contribution in [2.24, 2.45) is 5.11 Å². The van der Waals surface area contributed by atoms with Crippen molar-refractivity contribution in [3.8, 4) is 0 Å². The molecule has 19 heavy (non-hydrogen) atoms. The van der Waals surface area contributed by atoms with Crippen LogP contribution in [0, 0.1) is 5.53 Å². The van der Waals surface area contributed by atoms with E-state index in [2.05, 4.69) is 35.0 Å². The standard InChI is InChI=1S/C3H5N7.C3H6N6/c4-1-7-2(5)9-3(8-1)10-6;4-1-7-2(5)9-3(6)8-1/h6H,(H4,4,5,7,8,9);(H6,4,5,6,7,8,9). The van der Waals surface area contributed by atoms with Crippen molar-refractivity contribution >= 4 is 35.7 Å². The zero-order valence-corrected chi connectivity index (χ0v) is 9.52. The Bertz CT molecular complexity index is 509. The Labute approximate surface area is 106 Å². The van der Waals surface area contributed by atoms with Gasteiger partial charge in [0.1, 0.15) is 0 Å². The van der Waals surface area contributed by atoms with Crippen molar-refractivity contribution < 1.29 is 0 Å². The van der Waals surface area contributed by atoms with E-state index in [1.165, 1.54) is 0 Å². The average Bonchev–Trinajstić information content (AvgIpc) is 2.26. The Kier molecular flexibility index (Phi) is 4.18. The maximum atomic E-state index is 6.50. The summed E-state index contributed by atoms with van der Waals surface area (Å²) in [4.78, 5) is 20.9. The average molecular weight is 265 g/mol. The molecule has 100 valence electrons. The maximum absolute atomic E-state index is 6.50. The first kappa shape index (κ1) is 13.7. The van der Waals surface area contributed by atoms with Gasteiger partial charge < -0.3 is 28.7 Å². The van der Waals surface area contributed by atoms with Crippen LogP contribution < -0.4 is 28.7 Å². The van der Waals surface area contributed by atoms with Crippen molar-refractivity contribution in [1.82, 2.24) is 29.9 Å². The summed E-state index contributed by atoms with van der Waals surface area (Å²) < 4.78 is 0. The third-order valence-corrected chi connectivity index (χ3v) is 1.45. The predicted molar refractivity (Wildman–Crippen MR) is 66.5 cm³/mol. The third-order valence-electron chi connectivity index (χ3n) is 1.45. The summed E-state index contributed by atoms with van der Waals surface area (Å²) in [5.74, 6) is -0.0120. The van der Waals surface area contributed by atoms with Gasteiger partial charge in [-0.25, -0.2) is 5.53 Å². The minimum Gasteiger partial charge on any atom is -0.368 e. The summed E-state index contributed by atoms with van der Waals surface area (Å²) >= 11 is 0. The molecule has 0 aromatic carbocycles. The molecular weight excluding hydrogens is 254 g/mol. The van der Waals surface area contributed by atoms with Gasteiger partial charge in [0.25, 0.3) is 5.95 Å². The van der Waals surface area contributed by atoms with Crippen LogP contribution in [0.3, 0.4) is 0 Å². The normalized spacial score (nSPS) is 9.26. The van der Waals surface area contributed by atoms with Gasteiger partial charge >= 0.3 is 0 Å². The first-order valence-corrected chi connectivity index (χ1v) is 4.57. The smallest absolute Gasteiger partial charge is 0.274 e. The van der Waals surface area contributed by atoms with Gasteiger partial charge in [-0.2, -0.15) is 29.9 Å². The maximum Gasteiger partial charge on any atom is 0.274 e. The highest BCUT2D eigenvalue weighted by Crippen LogP contribution is 2.05. The summed E-state index contributed by atoms with van der Waals surface area (Å²) in [6, 6.07) is 0. The van der Waals surface area contributed by atoms with Crippen LogP contribution in [-0.4, -0.2) is 29.9 Å². The summed E-state index contributed by atoms with van der Waals surface area (Å²) in [5.41, 5.74) is 32.2. The van der Waals surface area contributed by atoms with Crippen molar-refractivity contribution in [2.75, 3.05) is 28.7 Å². The van der Waals surface area contributed by atoms with Gasteiger partial charge in [-0.15, -0.1) is 5.11 Å². The minimum atomic E-state index is -0.0787. The second-order valence-corrected chi connectivity index (χ2v) is 2.87. The van der Waals surface area contributed by atoms with Crippen molar-refractivity contribution in [3.63, 3.8) is 0 Å². The molecule has 2 rings (SSSR count). The third kappa shape index (κ3) is 4.55. The van der Waals surface area contributed by atoms with Gasteiger partial charge in [0.15, 0.2) is 0 Å². The Balaban J connectivity index is 0.000000191. The molecule has 0 aliphatic heterocycles. The van der Waals surface area contributed by atoms with Gasteiger partial charge in [0.2, 0.25) is 29.7 Å². The predicted octanol–water partition coefficient (Wildman–Crippen LogP) is -1.68. The highest BCUT2D eigenvalue weighted by Gasteiger charge is 1.97. The van der Waals surface area contributed by atoms with Gasteiger partial charge in [-0.1, -0.05) is 0 Å². The molecule has 2 aromatic heterocycles. The first-order chi connectivity index (χ1) is 8.90. The quantitative estimate of drug-likeness (QED) is 0.317. The molecule has 0 aliphatic carbocycles. The lowest BCUT2D eigenvalue weighted by molar-refractivity contribution is 0.994. The largest absolute Gasteiger partial charge is 0.368 e. The molecule has 0 bridgehead atoms. The number of nitrogens with one attached hydrogen (secondary N) is 1. The van der Waals surface area contributed by atoms with Crippen LogP contribution in [0.15, 0.2) is 5.11 Å². The van der Waals surface area contributed by atoms with E-state index in [4.69, 9.17) is 34.2 Å². The second kappa shape index (κ2) is 5.80. The van der Waals surface area contributed by atoms with Crippen LogP contribution >= 0.6 is 0 Å². The van der Waals surface area contributed by atoms with Crippen LogP contribution in [-0.2, 0) is 0 Å². The van der Waals surface area contributed by atoms with Crippen molar-refractivity contribution in [3.05, 3.63) is 0 Å². The molecule has 2 heterocycles. The van der Waals surface area contributed by atoms with E-state index in [0.717, 1.165) is 0 Å². The second-order valence-electron chi connectivity index (χ2n) is 2.87. The number of anilines is 5. The first-order valence-electron chi connectivity index (χ1n) is 4.57. The Morgan fingerprint density at radius 2 is 0.842 bits per heavy atom. The van der Waals surface area contributed by atoms with Gasteiger partial charge in [-0.05, 0) is 0 Å². The molecule has 0 aliphatic rings. The lowest BCUT2D eigenvalue weighted by atomic mass is 10.8. The molecule has 11 N–H and O–H groups in total. The highest BCUT2D eigenvalue weighted by molar-refractivity contribution is 5.33. The fourth-order valence-electron chi connectivity index (χ4n) is 0.874. The number of rotatable bonds is 1. The number of nitrogens with zero attached hydrogens (tertiary/aromatic N) is 7. The molecule has 0 unspecified atom stereocenters. The highest BCUT2D eigenvalue weighted by atomic mass is 15.2. The SMILES string of the molecule is N=Nc1nc(N)nc(N)n1.Nc1nc(N)nc(N)n1. The number of hydrogen-bond acceptors (Lipinski definition) is 13. The molecule has 13 heteroatoms. The molecule has 0 saturated carbocycles. The Morgan fingerprint density at radius 1 is 0.579 bits per heavy atom. The summed E-state index contributed by atoms with van der Waals surface area (Å²) in [6.07, 6.45) is 0. The fraction of sp³-hybridized carbons (Fsp3) is 0. The summed E-state index contributed by atoms with van der Waals surface area (Å²) in [5, 5.41) is 2.92. The Morgan fingerprint density at radius 3 is 1.11 bits per heavy atom. The van der Waals surface area contributed by atoms with E-state index in [1.807, 2.05) is 0 Å². The zero-order chi connectivity index (χ0) is 14.4. The summed E-state index contributed by atoms with van der Waals surface area (Å²) in [6.45, 7) is 0. The zero-order valence-electron chi connectivity index (χ0n) is 9.52. The molecule has 0 atom stereocenters. The van der Waals surface area contributed by atoms with E-state index in [0.29, 0.717) is 0 Å². The molecule has 0 saturated heterocycles. The van der Waals surface area contributed by atoms with Gasteiger partial charge in [-0.3, -0.25) is 0 Å². The van der Waals surface area contributed by atoms with Crippen molar-refractivity contribution in [2.45, 2.75) is 0 Å². The van der Waals surface area contributed by atoms with Crippen LogP contribution in [0.25, 0.3) is 0 Å². The van der Waals surface area contributed by atoms with E-state index < -0.39 is 0 Å². The molecule has 13 nitrogen and oxygen atoms in total. The van der Waals surface area contributed by atoms with Crippen LogP contribution in [0.2, 0.25) is 0 Å². The molecule has 0 amide bonds. The monoisotopic (exact) mass is 265 g/mol. The lowest BCUT2D eigenvalue weighted by Gasteiger charge is -1.93. The molecule has 0 spiro atoms. The summed E-state index contributed by atoms with van der Waals surface area (Å²) in [7, 11) is 0. The van der Waals surface area contributed by atoms with Crippen LogP contribution in [0.5, 0.6) is 0 Å². The molecule has 0 radical (unpaired) electrons. The van der Waals surface area contributed by atoms with Crippen LogP contribution in [0.1, 0.15) is 0 Å². The molecule has 0 fully saturated rings. The van der Waals surface area contributed by atoms with Crippen molar-refractivity contribution in [1.29, 1.82) is 5.53 Å². The minimum absolute atomic E-state index is 0.0292. The number of nitrogen functional groups attached to an aromatic ring is 5. The number of hydrogen-bond donors (Lipinski definition) is 6.